The molecule has 34 heavy (non-hydrogen) atoms. The van der Waals surface area contributed by atoms with Gasteiger partial charge in [0.05, 0.1) is 11.6 Å². The van der Waals surface area contributed by atoms with Gasteiger partial charge in [-0.15, -0.1) is 5.10 Å². The third-order valence-electron chi connectivity index (χ3n) is 7.33. The second kappa shape index (κ2) is 7.58. The molecule has 1 fully saturated rings. The molecule has 7 rings (SSSR count). The fourth-order valence-electron chi connectivity index (χ4n) is 5.68. The van der Waals surface area contributed by atoms with Gasteiger partial charge in [0.15, 0.2) is 17.3 Å². The van der Waals surface area contributed by atoms with Crippen LogP contribution >= 0.6 is 0 Å². The molecule has 2 aromatic carbocycles. The van der Waals surface area contributed by atoms with E-state index in [2.05, 4.69) is 43.6 Å². The maximum Gasteiger partial charge on any atom is 0.254 e. The van der Waals surface area contributed by atoms with E-state index in [1.165, 1.54) is 18.4 Å². The fourth-order valence-corrected chi connectivity index (χ4v) is 5.68. The van der Waals surface area contributed by atoms with Crippen LogP contribution in [0.3, 0.4) is 0 Å². The topological polar surface area (TPSA) is 98.2 Å². The number of aromatic nitrogens is 5. The Labute approximate surface area is 195 Å². The molecule has 0 unspecified atom stereocenters. The Morgan fingerprint density at radius 1 is 1.06 bits per heavy atom. The summed E-state index contributed by atoms with van der Waals surface area (Å²) in [6.45, 7) is 0.978. The maximum absolute atomic E-state index is 13.5. The second-order valence-corrected chi connectivity index (χ2v) is 9.24. The van der Waals surface area contributed by atoms with Crippen LogP contribution in [0.1, 0.15) is 54.7 Å². The minimum absolute atomic E-state index is 0.151. The summed E-state index contributed by atoms with van der Waals surface area (Å²) in [4.78, 5) is 18.9. The Bertz CT molecular complexity index is 1450. The highest BCUT2D eigenvalue weighted by molar-refractivity contribution is 5.83. The number of ether oxygens (including phenoxy) is 2. The molecule has 1 atom stereocenters. The molecule has 3 aliphatic rings. The van der Waals surface area contributed by atoms with E-state index in [1.807, 2.05) is 28.9 Å². The number of nitrogens with zero attached hydrogens (tertiary/aromatic N) is 5. The molecule has 9 heteroatoms. The highest BCUT2D eigenvalue weighted by Crippen LogP contribution is 2.40. The third kappa shape index (κ3) is 2.99. The Kier molecular flexibility index (Phi) is 4.36. The number of tetrazole rings is 1. The maximum atomic E-state index is 13.5. The number of H-pyrrole nitrogens is 1. The number of rotatable bonds is 4. The van der Waals surface area contributed by atoms with E-state index in [-0.39, 0.29) is 18.4 Å². The number of benzene rings is 2. The molecule has 9 nitrogen and oxygen atoms in total. The largest absolute Gasteiger partial charge is 0.454 e. The summed E-state index contributed by atoms with van der Waals surface area (Å²) in [6, 6.07) is 13.9. The third-order valence-corrected chi connectivity index (χ3v) is 7.33. The van der Waals surface area contributed by atoms with Gasteiger partial charge in [-0.25, -0.2) is 4.68 Å². The van der Waals surface area contributed by atoms with Crippen LogP contribution < -0.4 is 19.9 Å². The lowest BCUT2D eigenvalue weighted by Crippen LogP contribution is -2.34. The van der Waals surface area contributed by atoms with Crippen molar-refractivity contribution in [3.8, 4) is 11.5 Å². The smallest absolute Gasteiger partial charge is 0.254 e. The van der Waals surface area contributed by atoms with Crippen LogP contribution in [0, 0.1) is 0 Å². The average Bonchev–Trinajstić information content (AvgIpc) is 3.65. The summed E-state index contributed by atoms with van der Waals surface area (Å²) >= 11 is 0. The van der Waals surface area contributed by atoms with Crippen molar-refractivity contribution in [2.45, 2.75) is 44.2 Å². The molecule has 2 aliphatic heterocycles. The SMILES string of the molecule is O=c1[nH]c2cc3c(cc2cc1[C@@H](c1nnnn1C1CCCC1)N1CCc2ccccc21)OCO3. The first-order chi connectivity index (χ1) is 16.8. The van der Waals surface area contributed by atoms with E-state index in [0.717, 1.165) is 36.9 Å². The van der Waals surface area contributed by atoms with Gasteiger partial charge in [0.1, 0.15) is 6.04 Å². The van der Waals surface area contributed by atoms with Gasteiger partial charge in [0.25, 0.3) is 5.56 Å². The zero-order valence-electron chi connectivity index (χ0n) is 18.6. The Hall–Kier alpha value is -3.88. The van der Waals surface area contributed by atoms with Crippen LogP contribution in [0.5, 0.6) is 11.5 Å². The summed E-state index contributed by atoms with van der Waals surface area (Å²) < 4.78 is 13.0. The van der Waals surface area contributed by atoms with Gasteiger partial charge in [-0.05, 0) is 53.5 Å². The highest BCUT2D eigenvalue weighted by atomic mass is 16.7. The second-order valence-electron chi connectivity index (χ2n) is 9.24. The van der Waals surface area contributed by atoms with Gasteiger partial charge < -0.3 is 19.4 Å². The number of hydrogen-bond donors (Lipinski definition) is 1. The Balaban J connectivity index is 1.43. The van der Waals surface area contributed by atoms with Gasteiger partial charge >= 0.3 is 0 Å². The van der Waals surface area contributed by atoms with Crippen molar-refractivity contribution in [2.24, 2.45) is 0 Å². The number of nitrogens with one attached hydrogen (secondary N) is 1. The lowest BCUT2D eigenvalue weighted by Gasteiger charge is -2.30. The fraction of sp³-hybridized carbons (Fsp3) is 0.360. The summed E-state index contributed by atoms with van der Waals surface area (Å²) in [7, 11) is 0. The molecule has 4 heterocycles. The monoisotopic (exact) mass is 456 g/mol. The summed E-state index contributed by atoms with van der Waals surface area (Å²) in [6.07, 6.45) is 5.37. The lowest BCUT2D eigenvalue weighted by atomic mass is 10.0. The lowest BCUT2D eigenvalue weighted by molar-refractivity contribution is 0.174. The number of pyridine rings is 1. The normalized spacial score (nSPS) is 18.1. The standard InChI is InChI=1S/C25H24N6O3/c32-25-18(11-16-12-21-22(34-14-33-21)13-19(16)26-25)23(30-10-9-15-5-1-4-8-20(15)30)24-27-28-29-31(24)17-6-2-3-7-17/h1,4-5,8,11-13,17,23H,2-3,6-7,9-10,14H2,(H,26,32)/t23-/m0/s1. The van der Waals surface area contributed by atoms with Crippen LogP contribution in [0.25, 0.3) is 10.9 Å². The first kappa shape index (κ1) is 19.6. The van der Waals surface area contributed by atoms with Crippen LogP contribution in [0.2, 0.25) is 0 Å². The molecule has 1 N–H and O–H groups in total. The van der Waals surface area contributed by atoms with Gasteiger partial charge in [-0.2, -0.15) is 0 Å². The molecule has 0 amide bonds. The van der Waals surface area contributed by atoms with Crippen molar-refractivity contribution in [3.05, 3.63) is 69.8 Å². The van der Waals surface area contributed by atoms with Crippen LogP contribution in [0.15, 0.2) is 47.3 Å². The van der Waals surface area contributed by atoms with Gasteiger partial charge in [-0.3, -0.25) is 4.79 Å². The van der Waals surface area contributed by atoms with E-state index in [4.69, 9.17) is 9.47 Å². The van der Waals surface area contributed by atoms with E-state index in [0.29, 0.717) is 28.4 Å². The van der Waals surface area contributed by atoms with Gasteiger partial charge in [-0.1, -0.05) is 31.0 Å². The van der Waals surface area contributed by atoms with Gasteiger partial charge in [0.2, 0.25) is 6.79 Å². The molecular weight excluding hydrogens is 432 g/mol. The van der Waals surface area contributed by atoms with Crippen LogP contribution in [0.4, 0.5) is 5.69 Å². The molecule has 1 aliphatic carbocycles. The zero-order valence-corrected chi connectivity index (χ0v) is 18.6. The Morgan fingerprint density at radius 3 is 2.76 bits per heavy atom. The number of para-hydroxylation sites is 1. The quantitative estimate of drug-likeness (QED) is 0.502. The van der Waals surface area contributed by atoms with Gasteiger partial charge in [0, 0.05) is 29.2 Å². The molecule has 0 radical (unpaired) electrons. The average molecular weight is 457 g/mol. The molecular formula is C25H24N6O3. The van der Waals surface area contributed by atoms with Crippen LogP contribution in [-0.2, 0) is 6.42 Å². The summed E-state index contributed by atoms with van der Waals surface area (Å²) in [5.74, 6) is 2.05. The Morgan fingerprint density at radius 2 is 1.88 bits per heavy atom. The summed E-state index contributed by atoms with van der Waals surface area (Å²) in [5, 5.41) is 13.8. The highest BCUT2D eigenvalue weighted by Gasteiger charge is 2.36. The predicted molar refractivity (Wildman–Crippen MR) is 125 cm³/mol. The van der Waals surface area contributed by atoms with Crippen molar-refractivity contribution in [2.75, 3.05) is 18.2 Å². The van der Waals surface area contributed by atoms with E-state index in [1.54, 1.807) is 0 Å². The molecule has 1 saturated carbocycles. The predicted octanol–water partition coefficient (Wildman–Crippen LogP) is 3.51. The van der Waals surface area contributed by atoms with Crippen LogP contribution in [-0.4, -0.2) is 38.5 Å². The number of fused-ring (bicyclic) bond motifs is 3. The van der Waals surface area contributed by atoms with Crippen molar-refractivity contribution in [3.63, 3.8) is 0 Å². The molecule has 0 spiro atoms. The molecule has 172 valence electrons. The molecule has 0 bridgehead atoms. The minimum Gasteiger partial charge on any atom is -0.454 e. The van der Waals surface area contributed by atoms with Crippen molar-refractivity contribution < 1.29 is 9.47 Å². The zero-order chi connectivity index (χ0) is 22.6. The summed E-state index contributed by atoms with van der Waals surface area (Å²) in [5.41, 5.74) is 3.58. The first-order valence-electron chi connectivity index (χ1n) is 11.8. The van der Waals surface area contributed by atoms with E-state index in [9.17, 15) is 4.79 Å². The molecule has 4 aromatic rings. The van der Waals surface area contributed by atoms with E-state index < -0.39 is 6.04 Å². The van der Waals surface area contributed by atoms with Crippen molar-refractivity contribution in [1.29, 1.82) is 0 Å². The minimum atomic E-state index is -0.405. The number of anilines is 1. The molecule has 0 saturated heterocycles. The number of hydrogen-bond acceptors (Lipinski definition) is 7. The van der Waals surface area contributed by atoms with Crippen molar-refractivity contribution in [1.82, 2.24) is 25.2 Å². The first-order valence-corrected chi connectivity index (χ1v) is 11.8. The molecule has 2 aromatic heterocycles. The van der Waals surface area contributed by atoms with Crippen molar-refractivity contribution >= 4 is 16.6 Å². The van der Waals surface area contributed by atoms with E-state index >= 15 is 0 Å². The number of aromatic amines is 1.